The topological polar surface area (TPSA) is 64.6 Å². The first-order chi connectivity index (χ1) is 11.9. The second-order valence-electron chi connectivity index (χ2n) is 5.58. The number of carbonyl (C=O) groups excluding carboxylic acids is 2. The lowest BCUT2D eigenvalue weighted by Gasteiger charge is -2.16. The number of amides is 1. The van der Waals surface area contributed by atoms with Crippen molar-refractivity contribution in [2.45, 2.75) is 26.5 Å². The number of halogens is 1. The summed E-state index contributed by atoms with van der Waals surface area (Å²) < 4.78 is 10.3. The number of hydrogen-bond donors (Lipinski definition) is 1. The van der Waals surface area contributed by atoms with Crippen molar-refractivity contribution in [2.24, 2.45) is 0 Å². The molecule has 2 aromatic carbocycles. The molecule has 1 atom stereocenters. The van der Waals surface area contributed by atoms with Crippen molar-refractivity contribution in [3.8, 4) is 5.75 Å². The second-order valence-corrected chi connectivity index (χ2v) is 6.01. The highest BCUT2D eigenvalue weighted by molar-refractivity contribution is 6.30. The van der Waals surface area contributed by atoms with Crippen molar-refractivity contribution in [3.05, 3.63) is 64.2 Å². The molecule has 1 unspecified atom stereocenters. The van der Waals surface area contributed by atoms with Crippen molar-refractivity contribution in [2.75, 3.05) is 7.11 Å². The summed E-state index contributed by atoms with van der Waals surface area (Å²) in [4.78, 5) is 23.6. The van der Waals surface area contributed by atoms with Crippen molar-refractivity contribution in [3.63, 3.8) is 0 Å². The monoisotopic (exact) mass is 361 g/mol. The number of aryl methyl sites for hydroxylation is 1. The van der Waals surface area contributed by atoms with E-state index in [4.69, 9.17) is 16.3 Å². The van der Waals surface area contributed by atoms with Crippen molar-refractivity contribution >= 4 is 23.5 Å². The smallest absolute Gasteiger partial charge is 0.337 e. The van der Waals surface area contributed by atoms with E-state index in [1.807, 2.05) is 6.92 Å². The van der Waals surface area contributed by atoms with Crippen LogP contribution >= 0.6 is 11.6 Å². The first-order valence-electron chi connectivity index (χ1n) is 7.78. The van der Waals surface area contributed by atoms with Crippen LogP contribution in [0.2, 0.25) is 5.02 Å². The van der Waals surface area contributed by atoms with Crippen molar-refractivity contribution < 1.29 is 19.1 Å². The van der Waals surface area contributed by atoms with Gasteiger partial charge in [-0.3, -0.25) is 4.79 Å². The van der Waals surface area contributed by atoms with Gasteiger partial charge in [0.15, 0.2) is 6.10 Å². The van der Waals surface area contributed by atoms with Crippen LogP contribution in [-0.4, -0.2) is 25.1 Å². The molecule has 5 nitrogen and oxygen atoms in total. The van der Waals surface area contributed by atoms with Gasteiger partial charge in [0.2, 0.25) is 0 Å². The molecule has 132 valence electrons. The summed E-state index contributed by atoms with van der Waals surface area (Å²) in [6.45, 7) is 3.89. The van der Waals surface area contributed by atoms with Crippen LogP contribution in [0.5, 0.6) is 5.75 Å². The molecule has 0 fully saturated rings. The van der Waals surface area contributed by atoms with E-state index >= 15 is 0 Å². The maximum atomic E-state index is 12.2. The molecule has 6 heteroatoms. The number of ether oxygens (including phenoxy) is 2. The lowest BCUT2D eigenvalue weighted by Crippen LogP contribution is -2.36. The van der Waals surface area contributed by atoms with E-state index in [-0.39, 0.29) is 5.91 Å². The quantitative estimate of drug-likeness (QED) is 0.799. The first-order valence-corrected chi connectivity index (χ1v) is 8.16. The van der Waals surface area contributed by atoms with Crippen LogP contribution in [0.3, 0.4) is 0 Å². The van der Waals surface area contributed by atoms with Gasteiger partial charge >= 0.3 is 5.97 Å². The highest BCUT2D eigenvalue weighted by Crippen LogP contribution is 2.22. The molecule has 1 N–H and O–H groups in total. The van der Waals surface area contributed by atoms with Crippen LogP contribution in [0.25, 0.3) is 0 Å². The molecule has 0 radical (unpaired) electrons. The van der Waals surface area contributed by atoms with Gasteiger partial charge in [-0.25, -0.2) is 4.79 Å². The van der Waals surface area contributed by atoms with Gasteiger partial charge < -0.3 is 14.8 Å². The number of esters is 1. The first kappa shape index (κ1) is 18.8. The molecule has 0 aliphatic rings. The van der Waals surface area contributed by atoms with Gasteiger partial charge in [0.25, 0.3) is 5.91 Å². The van der Waals surface area contributed by atoms with E-state index in [1.54, 1.807) is 49.4 Å². The maximum absolute atomic E-state index is 12.2. The average molecular weight is 362 g/mol. The molecule has 0 aliphatic heterocycles. The Morgan fingerprint density at radius 2 is 1.84 bits per heavy atom. The van der Waals surface area contributed by atoms with Crippen LogP contribution in [0.15, 0.2) is 42.5 Å². The molecule has 2 aromatic rings. The van der Waals surface area contributed by atoms with Gasteiger partial charge in [0.05, 0.1) is 12.7 Å². The Balaban J connectivity index is 1.89. The van der Waals surface area contributed by atoms with E-state index in [0.29, 0.717) is 22.9 Å². The number of methoxy groups -OCH3 is 1. The average Bonchev–Trinajstić information content (AvgIpc) is 2.61. The van der Waals surface area contributed by atoms with E-state index in [0.717, 1.165) is 11.1 Å². The Labute approximate surface area is 151 Å². The number of benzene rings is 2. The van der Waals surface area contributed by atoms with Gasteiger partial charge in [0, 0.05) is 11.6 Å². The Morgan fingerprint density at radius 1 is 1.16 bits per heavy atom. The third-order valence-corrected chi connectivity index (χ3v) is 3.89. The number of hydrogen-bond acceptors (Lipinski definition) is 4. The van der Waals surface area contributed by atoms with Crippen molar-refractivity contribution in [1.29, 1.82) is 0 Å². The number of carbonyl (C=O) groups is 2. The fraction of sp³-hybridized carbons (Fsp3) is 0.263. The summed E-state index contributed by atoms with van der Waals surface area (Å²) in [5.74, 6) is -0.00295. The molecule has 0 saturated heterocycles. The molecule has 0 bridgehead atoms. The van der Waals surface area contributed by atoms with Gasteiger partial charge in [-0.15, -0.1) is 0 Å². The summed E-state index contributed by atoms with van der Waals surface area (Å²) >= 11 is 5.91. The molecule has 0 heterocycles. The molecule has 1 amide bonds. The zero-order valence-corrected chi connectivity index (χ0v) is 15.1. The van der Waals surface area contributed by atoms with Gasteiger partial charge in [-0.1, -0.05) is 23.7 Å². The SMILES string of the molecule is COC(=O)c1ccc(CNC(=O)C(C)Oc2ccc(Cl)cc2C)cc1. The third kappa shape index (κ3) is 5.22. The van der Waals surface area contributed by atoms with Crippen molar-refractivity contribution in [1.82, 2.24) is 5.32 Å². The Morgan fingerprint density at radius 3 is 2.44 bits per heavy atom. The van der Waals surface area contributed by atoms with Crippen LogP contribution in [0.1, 0.15) is 28.4 Å². The zero-order valence-electron chi connectivity index (χ0n) is 14.3. The molecular formula is C19H20ClNO4. The second kappa shape index (κ2) is 8.53. The molecule has 0 aromatic heterocycles. The van der Waals surface area contributed by atoms with Crippen LogP contribution in [0.4, 0.5) is 0 Å². The minimum atomic E-state index is -0.644. The van der Waals surface area contributed by atoms with E-state index in [9.17, 15) is 9.59 Å². The standard InChI is InChI=1S/C19H20ClNO4/c1-12-10-16(20)8-9-17(12)25-13(2)18(22)21-11-14-4-6-15(7-5-14)19(23)24-3/h4-10,13H,11H2,1-3H3,(H,21,22). The van der Waals surface area contributed by atoms with Crippen LogP contribution in [0, 0.1) is 6.92 Å². The van der Waals surface area contributed by atoms with E-state index < -0.39 is 12.1 Å². The molecule has 25 heavy (non-hydrogen) atoms. The number of rotatable bonds is 6. The lowest BCUT2D eigenvalue weighted by atomic mass is 10.1. The van der Waals surface area contributed by atoms with Crippen LogP contribution < -0.4 is 10.1 Å². The van der Waals surface area contributed by atoms with Crippen LogP contribution in [-0.2, 0) is 16.1 Å². The zero-order chi connectivity index (χ0) is 18.4. The summed E-state index contributed by atoms with van der Waals surface area (Å²) in [7, 11) is 1.33. The lowest BCUT2D eigenvalue weighted by molar-refractivity contribution is -0.127. The van der Waals surface area contributed by atoms with E-state index in [1.165, 1.54) is 7.11 Å². The fourth-order valence-corrected chi connectivity index (χ4v) is 2.43. The van der Waals surface area contributed by atoms with Gasteiger partial charge in [-0.2, -0.15) is 0 Å². The molecule has 0 aliphatic carbocycles. The molecule has 0 saturated carbocycles. The maximum Gasteiger partial charge on any atom is 0.337 e. The Kier molecular flexibility index (Phi) is 6.42. The highest BCUT2D eigenvalue weighted by Gasteiger charge is 2.15. The molecule has 2 rings (SSSR count). The minimum absolute atomic E-state index is 0.230. The normalized spacial score (nSPS) is 11.5. The summed E-state index contributed by atoms with van der Waals surface area (Å²) in [5, 5.41) is 3.43. The number of nitrogens with one attached hydrogen (secondary N) is 1. The largest absolute Gasteiger partial charge is 0.481 e. The Hall–Kier alpha value is -2.53. The minimum Gasteiger partial charge on any atom is -0.481 e. The fourth-order valence-electron chi connectivity index (χ4n) is 2.20. The van der Waals surface area contributed by atoms with Gasteiger partial charge in [-0.05, 0) is 55.3 Å². The summed E-state index contributed by atoms with van der Waals surface area (Å²) in [5.41, 5.74) is 2.20. The summed E-state index contributed by atoms with van der Waals surface area (Å²) in [6, 6.07) is 12.1. The molecule has 0 spiro atoms. The predicted molar refractivity (Wildman–Crippen MR) is 95.9 cm³/mol. The predicted octanol–water partition coefficient (Wildman–Crippen LogP) is 3.52. The van der Waals surface area contributed by atoms with Gasteiger partial charge in [0.1, 0.15) is 5.75 Å². The summed E-state index contributed by atoms with van der Waals surface area (Å²) in [6.07, 6.45) is -0.644. The molecular weight excluding hydrogens is 342 g/mol. The highest BCUT2D eigenvalue weighted by atomic mass is 35.5. The Bertz CT molecular complexity index is 759. The van der Waals surface area contributed by atoms with E-state index in [2.05, 4.69) is 10.1 Å². The third-order valence-electron chi connectivity index (χ3n) is 3.65.